The topological polar surface area (TPSA) is 87.1 Å². The number of amides is 2. The molecule has 0 aromatic heterocycles. The molecular formula is C26H40N2O5S. The Bertz CT molecular complexity index is 819. The van der Waals surface area contributed by atoms with Crippen LogP contribution in [-0.2, 0) is 19.1 Å². The summed E-state index contributed by atoms with van der Waals surface area (Å²) >= 11 is 1.65. The van der Waals surface area contributed by atoms with E-state index in [-0.39, 0.29) is 37.0 Å². The minimum atomic E-state index is -0.661. The number of likely N-dealkylation sites (tertiary alicyclic amines) is 1. The zero-order chi connectivity index (χ0) is 25.1. The van der Waals surface area contributed by atoms with Crippen LogP contribution in [0.1, 0.15) is 59.3 Å². The van der Waals surface area contributed by atoms with Gasteiger partial charge in [0.25, 0.3) is 0 Å². The number of hydrogen-bond donors (Lipinski definition) is 1. The van der Waals surface area contributed by atoms with Gasteiger partial charge in [-0.15, -0.1) is 24.9 Å². The maximum atomic E-state index is 14.2. The van der Waals surface area contributed by atoms with Gasteiger partial charge in [-0.3, -0.25) is 14.4 Å². The quantitative estimate of drug-likeness (QED) is 0.241. The number of thioether (sulfide) groups is 1. The Labute approximate surface area is 208 Å². The summed E-state index contributed by atoms with van der Waals surface area (Å²) in [6.45, 7) is 14.6. The number of nitrogens with zero attached hydrogens (tertiary/aromatic N) is 2. The first kappa shape index (κ1) is 26.8. The second-order valence-corrected chi connectivity index (χ2v) is 11.9. The standard InChI is InChI=1S/C26H40N2O5S/c1-6-9-17-33-24(32)20-19-22(30)28(15-10-16-29)21(26(19)13-12-25(20,5)34-26)23(31)27(14-8-3)18(4)11-7-2/h6,8,18-21,29H,1,3,7,9-17H2,2,4-5H3/t18?,19-,20+,21?,25-,26?/m0/s1. The van der Waals surface area contributed by atoms with Crippen molar-refractivity contribution < 1.29 is 24.2 Å². The van der Waals surface area contributed by atoms with Crippen LogP contribution in [0.25, 0.3) is 0 Å². The van der Waals surface area contributed by atoms with Gasteiger partial charge in [-0.2, -0.15) is 0 Å². The molecule has 1 spiro atoms. The molecule has 3 saturated heterocycles. The summed E-state index contributed by atoms with van der Waals surface area (Å²) in [5, 5.41) is 9.49. The summed E-state index contributed by atoms with van der Waals surface area (Å²) in [6, 6.07) is -0.645. The van der Waals surface area contributed by atoms with Crippen molar-refractivity contribution in [1.82, 2.24) is 9.80 Å². The fraction of sp³-hybridized carbons (Fsp3) is 0.731. The van der Waals surface area contributed by atoms with Crippen LogP contribution in [0.4, 0.5) is 0 Å². The molecule has 190 valence electrons. The summed E-state index contributed by atoms with van der Waals surface area (Å²) in [5.74, 6) is -1.76. The first-order valence-corrected chi connectivity index (χ1v) is 13.3. The summed E-state index contributed by atoms with van der Waals surface area (Å²) in [4.78, 5) is 44.8. The number of fused-ring (bicyclic) bond motifs is 1. The fourth-order valence-electron chi connectivity index (χ4n) is 6.23. The van der Waals surface area contributed by atoms with Gasteiger partial charge in [0.15, 0.2) is 0 Å². The highest BCUT2D eigenvalue weighted by atomic mass is 32.2. The van der Waals surface area contributed by atoms with Gasteiger partial charge in [-0.1, -0.05) is 25.5 Å². The molecule has 3 rings (SSSR count). The molecule has 3 fully saturated rings. The lowest BCUT2D eigenvalue weighted by Gasteiger charge is -2.39. The van der Waals surface area contributed by atoms with Gasteiger partial charge in [0.05, 0.1) is 23.2 Å². The zero-order valence-corrected chi connectivity index (χ0v) is 21.6. The fourth-order valence-corrected chi connectivity index (χ4v) is 8.57. The predicted octanol–water partition coefficient (Wildman–Crippen LogP) is 3.17. The number of rotatable bonds is 13. The van der Waals surface area contributed by atoms with E-state index in [0.717, 1.165) is 19.3 Å². The molecular weight excluding hydrogens is 452 g/mol. The first-order valence-electron chi connectivity index (χ1n) is 12.5. The van der Waals surface area contributed by atoms with Crippen LogP contribution in [0, 0.1) is 11.8 Å². The molecule has 3 heterocycles. The number of carbonyl (C=O) groups excluding carboxylic acids is 3. The largest absolute Gasteiger partial charge is 0.465 e. The average Bonchev–Trinajstić information content (AvgIpc) is 3.36. The molecule has 1 N–H and O–H groups in total. The second kappa shape index (κ2) is 10.9. The van der Waals surface area contributed by atoms with E-state index in [2.05, 4.69) is 20.1 Å². The maximum Gasteiger partial charge on any atom is 0.311 e. The highest BCUT2D eigenvalue weighted by Gasteiger charge is 2.77. The van der Waals surface area contributed by atoms with Crippen molar-refractivity contribution in [1.29, 1.82) is 0 Å². The summed E-state index contributed by atoms with van der Waals surface area (Å²) in [7, 11) is 0. The van der Waals surface area contributed by atoms with E-state index in [1.165, 1.54) is 0 Å². The lowest BCUT2D eigenvalue weighted by atomic mass is 9.66. The van der Waals surface area contributed by atoms with Crippen molar-refractivity contribution in [3.8, 4) is 0 Å². The minimum absolute atomic E-state index is 0.0135. The van der Waals surface area contributed by atoms with E-state index in [1.54, 1.807) is 28.8 Å². The molecule has 2 bridgehead atoms. The van der Waals surface area contributed by atoms with Crippen LogP contribution in [0.5, 0.6) is 0 Å². The highest BCUT2D eigenvalue weighted by molar-refractivity contribution is 8.02. The Morgan fingerprint density at radius 2 is 2.09 bits per heavy atom. The average molecular weight is 493 g/mol. The molecule has 0 saturated carbocycles. The van der Waals surface area contributed by atoms with Crippen LogP contribution < -0.4 is 0 Å². The third kappa shape index (κ3) is 4.43. The van der Waals surface area contributed by atoms with E-state index in [9.17, 15) is 19.5 Å². The lowest BCUT2D eigenvalue weighted by Crippen LogP contribution is -2.56. The number of esters is 1. The Kier molecular flexibility index (Phi) is 8.56. The first-order chi connectivity index (χ1) is 16.2. The molecule has 0 aliphatic carbocycles. The number of hydrogen-bond acceptors (Lipinski definition) is 6. The normalized spacial score (nSPS) is 32.4. The molecule has 0 aromatic rings. The van der Waals surface area contributed by atoms with Crippen molar-refractivity contribution in [2.75, 3.05) is 26.3 Å². The second-order valence-electron chi connectivity index (χ2n) is 10.00. The van der Waals surface area contributed by atoms with Crippen LogP contribution >= 0.6 is 11.8 Å². The van der Waals surface area contributed by atoms with E-state index >= 15 is 0 Å². The molecule has 8 heteroatoms. The van der Waals surface area contributed by atoms with Crippen molar-refractivity contribution in [2.45, 2.75) is 80.9 Å². The third-order valence-electron chi connectivity index (χ3n) is 7.74. The SMILES string of the molecule is C=CCCOC(=O)[C@H]1[C@H]2C(=O)N(CCCO)C(C(=O)N(CC=C)C(C)CCC)C23CC[C@]1(C)S3. The molecule has 34 heavy (non-hydrogen) atoms. The van der Waals surface area contributed by atoms with E-state index in [0.29, 0.717) is 32.4 Å². The molecule has 2 amide bonds. The maximum absolute atomic E-state index is 14.2. The number of aliphatic hydroxyl groups is 1. The zero-order valence-electron chi connectivity index (χ0n) is 20.8. The highest BCUT2D eigenvalue weighted by Crippen LogP contribution is 2.71. The Hall–Kier alpha value is -1.80. The third-order valence-corrected chi connectivity index (χ3v) is 9.72. The smallest absolute Gasteiger partial charge is 0.311 e. The monoisotopic (exact) mass is 492 g/mol. The molecule has 0 aromatic carbocycles. The van der Waals surface area contributed by atoms with Crippen molar-refractivity contribution in [3.63, 3.8) is 0 Å². The lowest BCUT2D eigenvalue weighted by molar-refractivity contribution is -0.155. The summed E-state index contributed by atoms with van der Waals surface area (Å²) in [6.07, 6.45) is 7.64. The Morgan fingerprint density at radius 3 is 2.71 bits per heavy atom. The number of aliphatic hydroxyl groups excluding tert-OH is 1. The van der Waals surface area contributed by atoms with E-state index in [4.69, 9.17) is 4.74 Å². The van der Waals surface area contributed by atoms with Crippen LogP contribution in [-0.4, -0.2) is 80.6 Å². The van der Waals surface area contributed by atoms with Crippen molar-refractivity contribution in [2.24, 2.45) is 11.8 Å². The Morgan fingerprint density at radius 1 is 1.35 bits per heavy atom. The van der Waals surface area contributed by atoms with Gasteiger partial charge in [-0.05, 0) is 46.0 Å². The van der Waals surface area contributed by atoms with Gasteiger partial charge in [0.2, 0.25) is 11.8 Å². The van der Waals surface area contributed by atoms with Crippen LogP contribution in [0.15, 0.2) is 25.3 Å². The van der Waals surface area contributed by atoms with Gasteiger partial charge >= 0.3 is 5.97 Å². The number of ether oxygens (including phenoxy) is 1. The molecule has 3 aliphatic rings. The van der Waals surface area contributed by atoms with Gasteiger partial charge in [-0.25, -0.2) is 0 Å². The minimum Gasteiger partial charge on any atom is -0.465 e. The van der Waals surface area contributed by atoms with Crippen LogP contribution in [0.2, 0.25) is 0 Å². The Balaban J connectivity index is 2.01. The molecule has 3 aliphatic heterocycles. The van der Waals surface area contributed by atoms with E-state index < -0.39 is 27.4 Å². The molecule has 7 nitrogen and oxygen atoms in total. The summed E-state index contributed by atoms with van der Waals surface area (Å²) < 4.78 is 4.46. The predicted molar refractivity (Wildman–Crippen MR) is 134 cm³/mol. The van der Waals surface area contributed by atoms with Crippen molar-refractivity contribution in [3.05, 3.63) is 25.3 Å². The molecule has 0 radical (unpaired) electrons. The molecule has 3 unspecified atom stereocenters. The molecule has 6 atom stereocenters. The van der Waals surface area contributed by atoms with Gasteiger partial charge < -0.3 is 19.6 Å². The number of carbonyl (C=O) groups is 3. The van der Waals surface area contributed by atoms with E-state index in [1.807, 2.05) is 18.7 Å². The van der Waals surface area contributed by atoms with Gasteiger partial charge in [0.1, 0.15) is 6.04 Å². The summed E-state index contributed by atoms with van der Waals surface area (Å²) in [5.41, 5.74) is 0. The van der Waals surface area contributed by atoms with Crippen molar-refractivity contribution >= 4 is 29.5 Å². The van der Waals surface area contributed by atoms with Crippen LogP contribution in [0.3, 0.4) is 0 Å². The van der Waals surface area contributed by atoms with Gasteiger partial charge in [0, 0.05) is 30.5 Å².